The molecule has 0 aliphatic carbocycles. The number of ether oxygens (including phenoxy) is 2. The van der Waals surface area contributed by atoms with Gasteiger partial charge in [-0.25, -0.2) is 0 Å². The Hall–Kier alpha value is -6.72. The Labute approximate surface area is 290 Å². The van der Waals surface area contributed by atoms with Gasteiger partial charge in [-0.2, -0.15) is 0 Å². The van der Waals surface area contributed by atoms with Gasteiger partial charge in [0.15, 0.2) is 0 Å². The maximum atomic E-state index is 6.95. The molecular weight excluding hydrogens is 633 g/mol. The van der Waals surface area contributed by atoms with Crippen LogP contribution in [0.25, 0.3) is 110 Å². The smallest absolute Gasteiger partial charge is 0.136 e. The number of furan rings is 3. The molecule has 51 heavy (non-hydrogen) atoms. The Bertz CT molecular complexity index is 2980. The Morgan fingerprint density at radius 1 is 0.333 bits per heavy atom. The number of hydrogen-bond acceptors (Lipinski definition) is 5. The molecule has 3 heterocycles. The fourth-order valence-electron chi connectivity index (χ4n) is 8.04. The zero-order valence-corrected chi connectivity index (χ0v) is 27.7. The summed E-state index contributed by atoms with van der Waals surface area (Å²) >= 11 is 0. The Morgan fingerprint density at radius 2 is 0.745 bits per heavy atom. The number of rotatable bonds is 4. The van der Waals surface area contributed by atoms with Crippen LogP contribution in [-0.2, 0) is 0 Å². The molecule has 5 nitrogen and oxygen atoms in total. The molecule has 0 atom stereocenters. The third-order valence-corrected chi connectivity index (χ3v) is 10.5. The average molecular weight is 661 g/mol. The van der Waals surface area contributed by atoms with Gasteiger partial charge >= 0.3 is 0 Å². The molecule has 0 unspecified atom stereocenters. The number of methoxy groups -OCH3 is 2. The molecule has 3 aromatic heterocycles. The summed E-state index contributed by atoms with van der Waals surface area (Å²) in [6.45, 7) is 0. The van der Waals surface area contributed by atoms with Gasteiger partial charge in [-0.1, -0.05) is 60.7 Å². The second-order valence-corrected chi connectivity index (χ2v) is 13.1. The molecule has 8 aromatic carbocycles. The van der Waals surface area contributed by atoms with Crippen molar-refractivity contribution in [2.24, 2.45) is 0 Å². The molecule has 242 valence electrons. The summed E-state index contributed by atoms with van der Waals surface area (Å²) in [5.74, 6) is 1.62. The average Bonchev–Trinajstić information content (AvgIpc) is 3.86. The Morgan fingerprint density at radius 3 is 1.18 bits per heavy atom. The van der Waals surface area contributed by atoms with Crippen molar-refractivity contribution in [3.63, 3.8) is 0 Å². The van der Waals surface area contributed by atoms with E-state index >= 15 is 0 Å². The van der Waals surface area contributed by atoms with Crippen LogP contribution in [0.15, 0.2) is 147 Å². The normalized spacial score (nSPS) is 12.1. The molecule has 11 aromatic rings. The molecule has 0 radical (unpaired) electrons. The van der Waals surface area contributed by atoms with Crippen LogP contribution in [0.2, 0.25) is 0 Å². The summed E-state index contributed by atoms with van der Waals surface area (Å²) in [4.78, 5) is 0. The van der Waals surface area contributed by atoms with Gasteiger partial charge in [-0.3, -0.25) is 0 Å². The SMILES string of the molecule is COc1ccc(-c2cc3oc4cc(-c5ccc(OC)cc5)c5cc6oc7ccccc7c6cc5c4c3c3cc4c(cc23)oc2ccccc24)cc1. The highest BCUT2D eigenvalue weighted by Gasteiger charge is 2.22. The topological polar surface area (TPSA) is 57.9 Å². The summed E-state index contributed by atoms with van der Waals surface area (Å²) < 4.78 is 30.8. The molecule has 0 fully saturated rings. The van der Waals surface area contributed by atoms with E-state index in [9.17, 15) is 0 Å². The number of benzene rings is 8. The largest absolute Gasteiger partial charge is 0.497 e. The zero-order valence-electron chi connectivity index (χ0n) is 27.7. The summed E-state index contributed by atoms with van der Waals surface area (Å²) in [6, 6.07) is 46.2. The minimum absolute atomic E-state index is 0.808. The van der Waals surface area contributed by atoms with E-state index in [1.165, 1.54) is 0 Å². The molecule has 0 aliphatic rings. The number of fused-ring (bicyclic) bond motifs is 13. The summed E-state index contributed by atoms with van der Waals surface area (Å²) in [7, 11) is 3.38. The van der Waals surface area contributed by atoms with Crippen molar-refractivity contribution in [3.8, 4) is 33.8 Å². The van der Waals surface area contributed by atoms with Crippen LogP contribution >= 0.6 is 0 Å². The first kappa shape index (κ1) is 28.2. The zero-order chi connectivity index (χ0) is 33.8. The fraction of sp³-hybridized carbons (Fsp3) is 0.0435. The van der Waals surface area contributed by atoms with E-state index in [2.05, 4.69) is 84.9 Å². The minimum Gasteiger partial charge on any atom is -0.497 e. The molecule has 0 spiro atoms. The van der Waals surface area contributed by atoms with Crippen LogP contribution in [-0.4, -0.2) is 14.2 Å². The van der Waals surface area contributed by atoms with Gasteiger partial charge in [0.1, 0.15) is 45.0 Å². The summed E-state index contributed by atoms with van der Waals surface area (Å²) in [5.41, 5.74) is 9.32. The van der Waals surface area contributed by atoms with E-state index in [1.54, 1.807) is 14.2 Å². The summed E-state index contributed by atoms with van der Waals surface area (Å²) in [6.07, 6.45) is 0. The molecule has 0 amide bonds. The standard InChI is InChI=1S/C46H28O5/c1-47-27-15-11-25(12-16-27)31-21-43-45(37-19-35-29-7-3-5-9-39(29)49-41(35)23-33(31)37)46-38-20-36-30-8-4-6-10-40(30)50-42(36)24-34(38)32(22-44(46)51-43)26-13-17-28(48-2)18-14-26/h3-24H,1-2H3. The molecule has 0 aliphatic heterocycles. The maximum Gasteiger partial charge on any atom is 0.136 e. The maximum absolute atomic E-state index is 6.95. The molecule has 0 N–H and O–H groups in total. The highest BCUT2D eigenvalue weighted by molar-refractivity contribution is 6.32. The van der Waals surface area contributed by atoms with Crippen LogP contribution in [0.5, 0.6) is 11.5 Å². The van der Waals surface area contributed by atoms with Gasteiger partial charge in [0.2, 0.25) is 0 Å². The predicted molar refractivity (Wildman–Crippen MR) is 207 cm³/mol. The van der Waals surface area contributed by atoms with Crippen LogP contribution in [0.1, 0.15) is 0 Å². The molecule has 0 bridgehead atoms. The van der Waals surface area contributed by atoms with Crippen LogP contribution < -0.4 is 9.47 Å². The van der Waals surface area contributed by atoms with Crippen molar-refractivity contribution in [1.29, 1.82) is 0 Å². The van der Waals surface area contributed by atoms with Gasteiger partial charge in [0.05, 0.1) is 14.2 Å². The van der Waals surface area contributed by atoms with Crippen molar-refractivity contribution < 1.29 is 22.7 Å². The Balaban J connectivity index is 1.33. The van der Waals surface area contributed by atoms with Gasteiger partial charge in [-0.15, -0.1) is 0 Å². The second kappa shape index (κ2) is 10.4. The number of para-hydroxylation sites is 2. The number of hydrogen-bond donors (Lipinski definition) is 0. The molecule has 11 rings (SSSR count). The van der Waals surface area contributed by atoms with Gasteiger partial charge < -0.3 is 22.7 Å². The van der Waals surface area contributed by atoms with Gasteiger partial charge in [0, 0.05) is 32.3 Å². The highest BCUT2D eigenvalue weighted by atomic mass is 16.5. The molecule has 0 saturated carbocycles. The lowest BCUT2D eigenvalue weighted by Gasteiger charge is -2.11. The lowest BCUT2D eigenvalue weighted by Crippen LogP contribution is -1.87. The van der Waals surface area contributed by atoms with E-state index in [1.807, 2.05) is 48.5 Å². The molecular formula is C46H28O5. The second-order valence-electron chi connectivity index (χ2n) is 13.1. The van der Waals surface area contributed by atoms with E-state index in [0.29, 0.717) is 0 Å². The van der Waals surface area contributed by atoms with E-state index in [0.717, 1.165) is 121 Å². The van der Waals surface area contributed by atoms with E-state index < -0.39 is 0 Å². The molecule has 5 heteroatoms. The third kappa shape index (κ3) is 4.03. The van der Waals surface area contributed by atoms with Gasteiger partial charge in [0.25, 0.3) is 0 Å². The molecule has 0 saturated heterocycles. The first-order chi connectivity index (χ1) is 25.1. The lowest BCUT2D eigenvalue weighted by molar-refractivity contribution is 0.415. The fourth-order valence-corrected chi connectivity index (χ4v) is 8.04. The quantitative estimate of drug-likeness (QED) is 0.188. The van der Waals surface area contributed by atoms with Crippen molar-refractivity contribution in [2.75, 3.05) is 14.2 Å². The van der Waals surface area contributed by atoms with E-state index in [-0.39, 0.29) is 0 Å². The lowest BCUT2D eigenvalue weighted by atomic mass is 9.90. The van der Waals surface area contributed by atoms with Crippen LogP contribution in [0, 0.1) is 0 Å². The van der Waals surface area contributed by atoms with E-state index in [4.69, 9.17) is 22.7 Å². The first-order valence-electron chi connectivity index (χ1n) is 17.0. The Kier molecular flexibility index (Phi) is 5.74. The monoisotopic (exact) mass is 660 g/mol. The first-order valence-corrected chi connectivity index (χ1v) is 17.0. The summed E-state index contributed by atoms with van der Waals surface area (Å²) in [5, 5.41) is 10.8. The van der Waals surface area contributed by atoms with Crippen molar-refractivity contribution in [1.82, 2.24) is 0 Å². The van der Waals surface area contributed by atoms with Crippen molar-refractivity contribution in [2.45, 2.75) is 0 Å². The van der Waals surface area contributed by atoms with Crippen molar-refractivity contribution >= 4 is 87.4 Å². The predicted octanol–water partition coefficient (Wildman–Crippen LogP) is 13.0. The van der Waals surface area contributed by atoms with Crippen LogP contribution in [0.3, 0.4) is 0 Å². The highest BCUT2D eigenvalue weighted by Crippen LogP contribution is 2.48. The van der Waals surface area contributed by atoms with Gasteiger partial charge in [-0.05, 0) is 117 Å². The van der Waals surface area contributed by atoms with Crippen LogP contribution in [0.4, 0.5) is 0 Å². The van der Waals surface area contributed by atoms with Crippen molar-refractivity contribution in [3.05, 3.63) is 133 Å². The third-order valence-electron chi connectivity index (χ3n) is 10.5. The minimum atomic E-state index is 0.808.